The van der Waals surface area contributed by atoms with Gasteiger partial charge < -0.3 is 10.1 Å². The van der Waals surface area contributed by atoms with Crippen LogP contribution in [-0.4, -0.2) is 19.7 Å². The fraction of sp³-hybridized carbons (Fsp3) is 0.375. The molecule has 0 spiro atoms. The summed E-state index contributed by atoms with van der Waals surface area (Å²) in [6, 6.07) is 9.71. The first-order chi connectivity index (χ1) is 9.75. The molecule has 0 unspecified atom stereocenters. The summed E-state index contributed by atoms with van der Waals surface area (Å²) in [5, 5.41) is 6.58. The molecule has 1 N–H and O–H groups in total. The molecule has 0 aliphatic carbocycles. The van der Waals surface area contributed by atoms with E-state index in [1.807, 2.05) is 24.3 Å². The summed E-state index contributed by atoms with van der Waals surface area (Å²) in [6.45, 7) is 2.86. The van der Waals surface area contributed by atoms with Gasteiger partial charge in [-0.1, -0.05) is 47.5 Å². The first-order valence-corrected chi connectivity index (χ1v) is 7.71. The minimum Gasteiger partial charge on any atom is -0.491 e. The molecule has 1 aliphatic heterocycles. The number of hydrogen-bond acceptors (Lipinski definition) is 2. The highest BCUT2D eigenvalue weighted by molar-refractivity contribution is 6.39. The Morgan fingerprint density at radius 3 is 2.43 bits per heavy atom. The second kappa shape index (κ2) is 7.55. The van der Waals surface area contributed by atoms with Crippen molar-refractivity contribution in [2.45, 2.75) is 12.8 Å². The van der Waals surface area contributed by atoms with Gasteiger partial charge in [0.05, 0.1) is 16.7 Å². The minimum atomic E-state index is 0. The van der Waals surface area contributed by atoms with E-state index in [1.165, 1.54) is 0 Å². The van der Waals surface area contributed by atoms with Crippen molar-refractivity contribution in [2.24, 2.45) is 5.92 Å². The van der Waals surface area contributed by atoms with Gasteiger partial charge in [-0.25, -0.2) is 0 Å². The van der Waals surface area contributed by atoms with E-state index < -0.39 is 0 Å². The molecule has 0 radical (unpaired) electrons. The Bertz CT molecular complexity index is 612. The molecule has 0 aromatic heterocycles. The second-order valence-corrected chi connectivity index (χ2v) is 6.03. The van der Waals surface area contributed by atoms with Crippen molar-refractivity contribution in [3.63, 3.8) is 0 Å². The Labute approximate surface area is 141 Å². The van der Waals surface area contributed by atoms with Crippen LogP contribution in [0, 0.1) is 5.92 Å². The predicted molar refractivity (Wildman–Crippen MR) is 92.3 cm³/mol. The van der Waals surface area contributed by atoms with Crippen LogP contribution in [0.1, 0.15) is 12.8 Å². The summed E-state index contributed by atoms with van der Waals surface area (Å²) in [5.41, 5.74) is 0. The van der Waals surface area contributed by atoms with Gasteiger partial charge in [0.15, 0.2) is 0 Å². The molecule has 0 saturated carbocycles. The van der Waals surface area contributed by atoms with E-state index in [4.69, 9.17) is 27.9 Å². The number of fused-ring (bicyclic) bond motifs is 1. The summed E-state index contributed by atoms with van der Waals surface area (Å²) in [7, 11) is 0. The van der Waals surface area contributed by atoms with Crippen molar-refractivity contribution >= 4 is 46.4 Å². The van der Waals surface area contributed by atoms with Crippen LogP contribution in [0.5, 0.6) is 5.75 Å². The van der Waals surface area contributed by atoms with Crippen molar-refractivity contribution in [1.82, 2.24) is 5.32 Å². The zero-order valence-electron chi connectivity index (χ0n) is 11.6. The largest absolute Gasteiger partial charge is 0.491 e. The second-order valence-electron chi connectivity index (χ2n) is 5.22. The van der Waals surface area contributed by atoms with Crippen LogP contribution in [-0.2, 0) is 0 Å². The topological polar surface area (TPSA) is 21.3 Å². The van der Waals surface area contributed by atoms with Gasteiger partial charge in [-0.15, -0.1) is 12.4 Å². The zero-order chi connectivity index (χ0) is 13.9. The van der Waals surface area contributed by atoms with Gasteiger partial charge in [0.25, 0.3) is 0 Å². The van der Waals surface area contributed by atoms with Gasteiger partial charge in [-0.05, 0) is 37.9 Å². The predicted octanol–water partition coefficient (Wildman–Crippen LogP) is 4.95. The smallest absolute Gasteiger partial charge is 0.145 e. The van der Waals surface area contributed by atoms with E-state index in [1.54, 1.807) is 6.07 Å². The fourth-order valence-electron chi connectivity index (χ4n) is 2.67. The Morgan fingerprint density at radius 2 is 1.71 bits per heavy atom. The molecule has 2 aromatic carbocycles. The van der Waals surface area contributed by atoms with E-state index in [-0.39, 0.29) is 12.4 Å². The normalized spacial score (nSPS) is 15.7. The molecule has 1 fully saturated rings. The maximum atomic E-state index is 6.30. The van der Waals surface area contributed by atoms with E-state index in [9.17, 15) is 0 Å². The molecule has 0 atom stereocenters. The molecule has 5 heteroatoms. The zero-order valence-corrected chi connectivity index (χ0v) is 13.9. The lowest BCUT2D eigenvalue weighted by Gasteiger charge is -2.23. The lowest BCUT2D eigenvalue weighted by atomic mass is 9.99. The van der Waals surface area contributed by atoms with E-state index in [0.29, 0.717) is 22.6 Å². The highest BCUT2D eigenvalue weighted by atomic mass is 35.5. The highest BCUT2D eigenvalue weighted by Crippen LogP contribution is 2.38. The first kappa shape index (κ1) is 16.7. The van der Waals surface area contributed by atoms with Crippen molar-refractivity contribution < 1.29 is 4.74 Å². The third kappa shape index (κ3) is 3.75. The highest BCUT2D eigenvalue weighted by Gasteiger charge is 2.16. The molecule has 3 rings (SSSR count). The van der Waals surface area contributed by atoms with Crippen LogP contribution in [0.4, 0.5) is 0 Å². The van der Waals surface area contributed by atoms with Gasteiger partial charge in [0, 0.05) is 10.8 Å². The van der Waals surface area contributed by atoms with Gasteiger partial charge in [0.2, 0.25) is 0 Å². The van der Waals surface area contributed by atoms with Gasteiger partial charge in [-0.3, -0.25) is 0 Å². The van der Waals surface area contributed by atoms with Crippen LogP contribution >= 0.6 is 35.6 Å². The number of ether oxygens (including phenoxy) is 1. The van der Waals surface area contributed by atoms with Gasteiger partial charge >= 0.3 is 0 Å². The van der Waals surface area contributed by atoms with Crippen LogP contribution < -0.4 is 10.1 Å². The van der Waals surface area contributed by atoms with Crippen LogP contribution in [0.15, 0.2) is 30.3 Å². The van der Waals surface area contributed by atoms with Crippen LogP contribution in [0.2, 0.25) is 10.0 Å². The van der Waals surface area contributed by atoms with E-state index in [0.717, 1.165) is 42.5 Å². The molecule has 0 amide bonds. The molecule has 1 aliphatic rings. The number of hydrogen-bond donors (Lipinski definition) is 1. The molecule has 0 bridgehead atoms. The van der Waals surface area contributed by atoms with Crippen molar-refractivity contribution in [2.75, 3.05) is 19.7 Å². The number of nitrogens with one attached hydrogen (secondary N) is 1. The summed E-state index contributed by atoms with van der Waals surface area (Å²) in [4.78, 5) is 0. The van der Waals surface area contributed by atoms with E-state index >= 15 is 0 Å². The third-order valence-corrected chi connectivity index (χ3v) is 4.41. The lowest BCUT2D eigenvalue weighted by molar-refractivity contribution is 0.217. The number of rotatable bonds is 3. The standard InChI is InChI=1S/C16H17Cl2NO.ClH/c17-14-9-15(18)16(13-4-2-1-3-12(13)14)20-10-11-5-7-19-8-6-11;/h1-4,9,11,19H,5-8,10H2;1H. The first-order valence-electron chi connectivity index (χ1n) is 6.96. The monoisotopic (exact) mass is 345 g/mol. The Balaban J connectivity index is 0.00000161. The number of piperidine rings is 1. The fourth-order valence-corrected chi connectivity index (χ4v) is 3.26. The number of halogens is 3. The SMILES string of the molecule is Cl.Clc1cc(Cl)c2ccccc2c1OCC1CCNCC1. The molecule has 2 aromatic rings. The molecular formula is C16H18Cl3NO. The molecule has 21 heavy (non-hydrogen) atoms. The molecule has 2 nitrogen and oxygen atoms in total. The Hall–Kier alpha value is -0.670. The van der Waals surface area contributed by atoms with Crippen molar-refractivity contribution in [3.8, 4) is 5.75 Å². The average molecular weight is 347 g/mol. The minimum absolute atomic E-state index is 0. The Morgan fingerprint density at radius 1 is 1.05 bits per heavy atom. The maximum Gasteiger partial charge on any atom is 0.145 e. The van der Waals surface area contributed by atoms with Crippen molar-refractivity contribution in [1.29, 1.82) is 0 Å². The lowest BCUT2D eigenvalue weighted by Crippen LogP contribution is -2.30. The third-order valence-electron chi connectivity index (χ3n) is 3.82. The van der Waals surface area contributed by atoms with Crippen LogP contribution in [0.25, 0.3) is 10.8 Å². The van der Waals surface area contributed by atoms with Crippen molar-refractivity contribution in [3.05, 3.63) is 40.4 Å². The Kier molecular flexibility index (Phi) is 6.00. The van der Waals surface area contributed by atoms with Gasteiger partial charge in [0.1, 0.15) is 5.75 Å². The maximum absolute atomic E-state index is 6.30. The molecule has 1 heterocycles. The summed E-state index contributed by atoms with van der Waals surface area (Å²) >= 11 is 12.5. The molecule has 114 valence electrons. The van der Waals surface area contributed by atoms with E-state index in [2.05, 4.69) is 5.32 Å². The molecular weight excluding hydrogens is 329 g/mol. The summed E-state index contributed by atoms with van der Waals surface area (Å²) < 4.78 is 6.03. The average Bonchev–Trinajstić information content (AvgIpc) is 2.48. The number of benzene rings is 2. The van der Waals surface area contributed by atoms with Gasteiger partial charge in [-0.2, -0.15) is 0 Å². The summed E-state index contributed by atoms with van der Waals surface area (Å²) in [5.74, 6) is 1.35. The molecule has 1 saturated heterocycles. The van der Waals surface area contributed by atoms with Crippen LogP contribution in [0.3, 0.4) is 0 Å². The summed E-state index contributed by atoms with van der Waals surface area (Å²) in [6.07, 6.45) is 2.31. The quantitative estimate of drug-likeness (QED) is 0.849.